The molecule has 0 aliphatic heterocycles. The summed E-state index contributed by atoms with van der Waals surface area (Å²) in [5.41, 5.74) is 4.74. The van der Waals surface area contributed by atoms with Gasteiger partial charge < -0.3 is 16.4 Å². The smallest absolute Gasteiger partial charge is 0.239 e. The Morgan fingerprint density at radius 3 is 2.32 bits per heavy atom. The number of amides is 2. The van der Waals surface area contributed by atoms with Crippen LogP contribution in [0.15, 0.2) is 0 Å². The van der Waals surface area contributed by atoms with Crippen LogP contribution in [0.3, 0.4) is 0 Å². The molecule has 0 unspecified atom stereocenters. The summed E-state index contributed by atoms with van der Waals surface area (Å²) in [7, 11) is 0. The van der Waals surface area contributed by atoms with Crippen molar-refractivity contribution in [3.63, 3.8) is 0 Å². The number of carbonyl (C=O) groups is 2. The summed E-state index contributed by atoms with van der Waals surface area (Å²) in [4.78, 5) is 23.1. The number of nitrogens with two attached hydrogens (primary N) is 1. The highest BCUT2D eigenvalue weighted by Crippen LogP contribution is 2.17. The van der Waals surface area contributed by atoms with Crippen molar-refractivity contribution in [2.24, 2.45) is 5.73 Å². The lowest BCUT2D eigenvalue weighted by Crippen LogP contribution is -2.49. The van der Waals surface area contributed by atoms with Gasteiger partial charge in [0.2, 0.25) is 11.8 Å². The number of hydrogen-bond acceptors (Lipinski definition) is 3. The molecule has 0 saturated heterocycles. The fourth-order valence-electron chi connectivity index (χ4n) is 2.06. The molecule has 0 heterocycles. The minimum Gasteiger partial charge on any atom is -0.354 e. The largest absolute Gasteiger partial charge is 0.354 e. The lowest BCUT2D eigenvalue weighted by atomic mass is 9.95. The molecule has 112 valence electrons. The van der Waals surface area contributed by atoms with Crippen LogP contribution in [0.2, 0.25) is 0 Å². The minimum atomic E-state index is -0.889. The molecule has 1 fully saturated rings. The van der Waals surface area contributed by atoms with Gasteiger partial charge in [0.15, 0.2) is 0 Å². The Bertz CT molecular complexity index is 297. The number of halogens is 1. The Labute approximate surface area is 121 Å². The van der Waals surface area contributed by atoms with Gasteiger partial charge in [-0.25, -0.2) is 0 Å². The lowest BCUT2D eigenvalue weighted by molar-refractivity contribution is -0.125. The second-order valence-electron chi connectivity index (χ2n) is 5.63. The van der Waals surface area contributed by atoms with Crippen LogP contribution < -0.4 is 16.4 Å². The van der Waals surface area contributed by atoms with Crippen LogP contribution in [0.1, 0.15) is 52.4 Å². The van der Waals surface area contributed by atoms with Gasteiger partial charge in [-0.3, -0.25) is 9.59 Å². The van der Waals surface area contributed by atoms with Gasteiger partial charge in [-0.15, -0.1) is 12.4 Å². The summed E-state index contributed by atoms with van der Waals surface area (Å²) < 4.78 is 0. The van der Waals surface area contributed by atoms with Gasteiger partial charge in [-0.1, -0.05) is 19.3 Å². The van der Waals surface area contributed by atoms with Gasteiger partial charge in [0.1, 0.15) is 0 Å². The molecule has 0 radical (unpaired) electrons. The molecule has 1 aliphatic carbocycles. The van der Waals surface area contributed by atoms with Crippen molar-refractivity contribution in [3.05, 3.63) is 0 Å². The maximum atomic E-state index is 11.6. The lowest BCUT2D eigenvalue weighted by Gasteiger charge is -2.23. The van der Waals surface area contributed by atoms with E-state index < -0.39 is 5.54 Å². The van der Waals surface area contributed by atoms with Crippen LogP contribution in [0.5, 0.6) is 0 Å². The van der Waals surface area contributed by atoms with Crippen molar-refractivity contribution >= 4 is 24.2 Å². The first kappa shape index (κ1) is 18.2. The molecule has 19 heavy (non-hydrogen) atoms. The molecule has 0 aromatic carbocycles. The first-order valence-electron chi connectivity index (χ1n) is 6.76. The third-order valence-electron chi connectivity index (χ3n) is 3.19. The number of hydrogen-bond donors (Lipinski definition) is 3. The van der Waals surface area contributed by atoms with E-state index >= 15 is 0 Å². The Hall–Kier alpha value is -0.810. The third kappa shape index (κ3) is 7.38. The molecule has 2 amide bonds. The van der Waals surface area contributed by atoms with Crippen LogP contribution in [0, 0.1) is 0 Å². The maximum Gasteiger partial charge on any atom is 0.239 e. The van der Waals surface area contributed by atoms with Crippen LogP contribution in [0.4, 0.5) is 0 Å². The van der Waals surface area contributed by atoms with Gasteiger partial charge in [-0.2, -0.15) is 0 Å². The van der Waals surface area contributed by atoms with E-state index in [1.54, 1.807) is 13.8 Å². The SMILES string of the molecule is CC(C)(N)C(=O)NCCC(=O)NC1CCCCC1.Cl. The molecule has 1 aliphatic rings. The summed E-state index contributed by atoms with van der Waals surface area (Å²) in [6.45, 7) is 3.63. The van der Waals surface area contributed by atoms with Crippen LogP contribution >= 0.6 is 12.4 Å². The van der Waals surface area contributed by atoms with Crippen molar-refractivity contribution in [3.8, 4) is 0 Å². The maximum absolute atomic E-state index is 11.6. The Kier molecular flexibility index (Phi) is 8.02. The summed E-state index contributed by atoms with van der Waals surface area (Å²) in [5.74, 6) is -0.218. The third-order valence-corrected chi connectivity index (χ3v) is 3.19. The highest BCUT2D eigenvalue weighted by Gasteiger charge is 2.21. The standard InChI is InChI=1S/C13H25N3O2.ClH/c1-13(2,14)12(18)15-9-8-11(17)16-10-6-4-3-5-7-10;/h10H,3-9,14H2,1-2H3,(H,15,18)(H,16,17);1H. The van der Waals surface area contributed by atoms with Crippen molar-refractivity contribution < 1.29 is 9.59 Å². The molecular formula is C13H26ClN3O2. The van der Waals surface area contributed by atoms with Gasteiger partial charge in [0.05, 0.1) is 5.54 Å². The first-order chi connectivity index (χ1) is 8.39. The Morgan fingerprint density at radius 1 is 1.21 bits per heavy atom. The molecule has 0 aromatic rings. The summed E-state index contributed by atoms with van der Waals surface area (Å²) in [5, 5.41) is 5.68. The van der Waals surface area contributed by atoms with Gasteiger partial charge in [0, 0.05) is 19.0 Å². The Morgan fingerprint density at radius 2 is 1.79 bits per heavy atom. The van der Waals surface area contributed by atoms with E-state index in [1.807, 2.05) is 0 Å². The fraction of sp³-hybridized carbons (Fsp3) is 0.846. The van der Waals surface area contributed by atoms with Crippen molar-refractivity contribution in [2.75, 3.05) is 6.54 Å². The molecule has 0 aromatic heterocycles. The molecule has 4 N–H and O–H groups in total. The van der Waals surface area contributed by atoms with E-state index in [-0.39, 0.29) is 24.2 Å². The van der Waals surface area contributed by atoms with E-state index in [4.69, 9.17) is 5.73 Å². The second-order valence-corrected chi connectivity index (χ2v) is 5.63. The fourth-order valence-corrected chi connectivity index (χ4v) is 2.06. The zero-order valence-corrected chi connectivity index (χ0v) is 12.6. The highest BCUT2D eigenvalue weighted by atomic mass is 35.5. The monoisotopic (exact) mass is 291 g/mol. The summed E-state index contributed by atoms with van der Waals surface area (Å²) in [6, 6.07) is 0.327. The van der Waals surface area contributed by atoms with Crippen LogP contribution in [-0.2, 0) is 9.59 Å². The highest BCUT2D eigenvalue weighted by molar-refractivity contribution is 5.86. The molecule has 5 nitrogen and oxygen atoms in total. The molecule has 0 spiro atoms. The quantitative estimate of drug-likeness (QED) is 0.709. The molecule has 0 atom stereocenters. The predicted octanol–water partition coefficient (Wildman–Crippen LogP) is 1.10. The van der Waals surface area contributed by atoms with Crippen LogP contribution in [-0.4, -0.2) is 29.9 Å². The Balaban J connectivity index is 0.00000324. The first-order valence-corrected chi connectivity index (χ1v) is 6.76. The number of carbonyl (C=O) groups excluding carboxylic acids is 2. The zero-order valence-electron chi connectivity index (χ0n) is 11.8. The molecule has 1 saturated carbocycles. The van der Waals surface area contributed by atoms with Crippen molar-refractivity contribution in [1.82, 2.24) is 10.6 Å². The number of rotatable bonds is 5. The van der Waals surface area contributed by atoms with Crippen molar-refractivity contribution in [1.29, 1.82) is 0 Å². The molecule has 0 bridgehead atoms. The predicted molar refractivity (Wildman–Crippen MR) is 78.2 cm³/mol. The van der Waals surface area contributed by atoms with E-state index in [9.17, 15) is 9.59 Å². The average molecular weight is 292 g/mol. The average Bonchev–Trinajstić information content (AvgIpc) is 2.28. The summed E-state index contributed by atoms with van der Waals surface area (Å²) in [6.07, 6.45) is 6.14. The van der Waals surface area contributed by atoms with Crippen molar-refractivity contribution in [2.45, 2.75) is 64.0 Å². The second kappa shape index (κ2) is 8.38. The van der Waals surface area contributed by atoms with Crippen LogP contribution in [0.25, 0.3) is 0 Å². The molecule has 1 rings (SSSR count). The van der Waals surface area contributed by atoms with Gasteiger partial charge >= 0.3 is 0 Å². The van der Waals surface area contributed by atoms with Gasteiger partial charge in [-0.05, 0) is 26.7 Å². The minimum absolute atomic E-state index is 0. The summed E-state index contributed by atoms with van der Waals surface area (Å²) >= 11 is 0. The van der Waals surface area contributed by atoms with E-state index in [0.29, 0.717) is 19.0 Å². The zero-order chi connectivity index (χ0) is 13.6. The normalized spacial score (nSPS) is 16.4. The topological polar surface area (TPSA) is 84.2 Å². The van der Waals surface area contributed by atoms with Gasteiger partial charge in [0.25, 0.3) is 0 Å². The van der Waals surface area contributed by atoms with E-state index in [2.05, 4.69) is 10.6 Å². The number of nitrogens with one attached hydrogen (secondary N) is 2. The molecular weight excluding hydrogens is 266 g/mol. The van der Waals surface area contributed by atoms with E-state index in [1.165, 1.54) is 19.3 Å². The van der Waals surface area contributed by atoms with E-state index in [0.717, 1.165) is 12.8 Å². The molecule has 6 heteroatoms.